The molecule has 1 fully saturated rings. The Bertz CT molecular complexity index is 1230. The number of carboxylic acid groups (broad SMARTS) is 1. The van der Waals surface area contributed by atoms with Gasteiger partial charge in [-0.05, 0) is 36.1 Å². The van der Waals surface area contributed by atoms with Crippen LogP contribution in [0.2, 0.25) is 0 Å². The van der Waals surface area contributed by atoms with E-state index >= 15 is 0 Å². The Hall–Kier alpha value is -3.78. The molecule has 2 N–H and O–H groups in total. The topological polar surface area (TPSA) is 102 Å². The SMILES string of the molecule is O=C(O)c1cnn(-c2nc(NC3CCOCC3)c3cc(-c4ccccc4)ccc3n2)c1. The number of rotatable bonds is 5. The molecule has 5 rings (SSSR count). The summed E-state index contributed by atoms with van der Waals surface area (Å²) in [6.07, 6.45) is 4.49. The van der Waals surface area contributed by atoms with Crippen LogP contribution in [-0.4, -0.2) is 50.1 Å². The van der Waals surface area contributed by atoms with Crippen molar-refractivity contribution in [2.24, 2.45) is 0 Å². The highest BCUT2D eigenvalue weighted by Gasteiger charge is 2.18. The Balaban J connectivity index is 1.61. The molecule has 31 heavy (non-hydrogen) atoms. The summed E-state index contributed by atoms with van der Waals surface area (Å²) in [4.78, 5) is 20.6. The fourth-order valence-electron chi connectivity index (χ4n) is 3.72. The second-order valence-corrected chi connectivity index (χ2v) is 7.48. The minimum atomic E-state index is -1.04. The second kappa shape index (κ2) is 8.16. The lowest BCUT2D eigenvalue weighted by atomic mass is 10.0. The van der Waals surface area contributed by atoms with Crippen LogP contribution >= 0.6 is 0 Å². The van der Waals surface area contributed by atoms with E-state index < -0.39 is 5.97 Å². The van der Waals surface area contributed by atoms with E-state index in [0.717, 1.165) is 34.9 Å². The number of hydrogen-bond acceptors (Lipinski definition) is 6. The number of fused-ring (bicyclic) bond motifs is 1. The van der Waals surface area contributed by atoms with Crippen molar-refractivity contribution in [3.63, 3.8) is 0 Å². The van der Waals surface area contributed by atoms with Gasteiger partial charge in [-0.25, -0.2) is 14.5 Å². The zero-order valence-electron chi connectivity index (χ0n) is 16.7. The van der Waals surface area contributed by atoms with Crippen LogP contribution in [0, 0.1) is 0 Å². The molecule has 0 saturated carbocycles. The average Bonchev–Trinajstić information content (AvgIpc) is 3.31. The van der Waals surface area contributed by atoms with Crippen LogP contribution in [0.5, 0.6) is 0 Å². The standard InChI is InChI=1S/C23H21N5O3/c29-22(30)17-13-24-28(14-17)23-26-20-7-6-16(15-4-2-1-3-5-15)12-19(20)21(27-23)25-18-8-10-31-11-9-18/h1-7,12-14,18H,8-11H2,(H,29,30)(H,25,26,27). The van der Waals surface area contributed by atoms with Crippen LogP contribution in [0.4, 0.5) is 5.82 Å². The number of anilines is 1. The monoisotopic (exact) mass is 415 g/mol. The van der Waals surface area contributed by atoms with Gasteiger partial charge in [-0.1, -0.05) is 36.4 Å². The van der Waals surface area contributed by atoms with E-state index in [1.807, 2.05) is 30.3 Å². The van der Waals surface area contributed by atoms with Crippen molar-refractivity contribution < 1.29 is 14.6 Å². The molecule has 1 aliphatic heterocycles. The van der Waals surface area contributed by atoms with Crippen molar-refractivity contribution in [2.75, 3.05) is 18.5 Å². The van der Waals surface area contributed by atoms with Gasteiger partial charge in [0.05, 0.1) is 17.3 Å². The van der Waals surface area contributed by atoms with E-state index in [2.05, 4.69) is 33.6 Å². The summed E-state index contributed by atoms with van der Waals surface area (Å²) >= 11 is 0. The molecule has 2 aromatic carbocycles. The molecule has 1 saturated heterocycles. The molecule has 0 atom stereocenters. The van der Waals surface area contributed by atoms with Gasteiger partial charge in [0.25, 0.3) is 5.95 Å². The minimum absolute atomic E-state index is 0.0852. The molecule has 8 nitrogen and oxygen atoms in total. The van der Waals surface area contributed by atoms with Crippen LogP contribution in [0.1, 0.15) is 23.2 Å². The number of aromatic nitrogens is 4. The van der Waals surface area contributed by atoms with Crippen molar-refractivity contribution in [3.05, 3.63) is 66.5 Å². The predicted octanol–water partition coefficient (Wildman–Crippen LogP) is 3.77. The van der Waals surface area contributed by atoms with Gasteiger partial charge < -0.3 is 15.2 Å². The Morgan fingerprint density at radius 3 is 2.61 bits per heavy atom. The normalized spacial score (nSPS) is 14.6. The molecular formula is C23H21N5O3. The maximum absolute atomic E-state index is 11.2. The zero-order valence-corrected chi connectivity index (χ0v) is 16.7. The van der Waals surface area contributed by atoms with Crippen molar-refractivity contribution >= 4 is 22.7 Å². The molecule has 1 aliphatic rings. The van der Waals surface area contributed by atoms with Gasteiger partial charge in [-0.15, -0.1) is 0 Å². The van der Waals surface area contributed by atoms with Gasteiger partial charge in [-0.3, -0.25) is 0 Å². The summed E-state index contributed by atoms with van der Waals surface area (Å²) in [5.74, 6) is -0.0147. The van der Waals surface area contributed by atoms with Crippen molar-refractivity contribution in [3.8, 4) is 17.1 Å². The minimum Gasteiger partial charge on any atom is -0.478 e. The highest BCUT2D eigenvalue weighted by Crippen LogP contribution is 2.29. The van der Waals surface area contributed by atoms with Gasteiger partial charge in [0.2, 0.25) is 0 Å². The molecule has 8 heteroatoms. The second-order valence-electron chi connectivity index (χ2n) is 7.48. The number of aromatic carboxylic acids is 1. The van der Waals surface area contributed by atoms with Gasteiger partial charge in [-0.2, -0.15) is 10.1 Å². The van der Waals surface area contributed by atoms with Gasteiger partial charge in [0.15, 0.2) is 0 Å². The summed E-state index contributed by atoms with van der Waals surface area (Å²) in [5.41, 5.74) is 3.03. The largest absolute Gasteiger partial charge is 0.478 e. The molecule has 4 aromatic rings. The van der Waals surface area contributed by atoms with Crippen LogP contribution < -0.4 is 5.32 Å². The first kappa shape index (κ1) is 19.2. The Morgan fingerprint density at radius 1 is 1.06 bits per heavy atom. The predicted molar refractivity (Wildman–Crippen MR) is 117 cm³/mol. The van der Waals surface area contributed by atoms with Gasteiger partial charge in [0.1, 0.15) is 5.82 Å². The zero-order chi connectivity index (χ0) is 21.2. The average molecular weight is 415 g/mol. The summed E-state index contributed by atoms with van der Waals surface area (Å²) in [6, 6.07) is 16.5. The number of carboxylic acids is 1. The van der Waals surface area contributed by atoms with Crippen LogP contribution in [0.3, 0.4) is 0 Å². The Kier molecular flexibility index (Phi) is 5.05. The number of benzene rings is 2. The molecule has 0 unspecified atom stereocenters. The number of ether oxygens (including phenoxy) is 1. The van der Waals surface area contributed by atoms with Crippen molar-refractivity contribution in [2.45, 2.75) is 18.9 Å². The molecular weight excluding hydrogens is 394 g/mol. The smallest absolute Gasteiger partial charge is 0.338 e. The number of hydrogen-bond donors (Lipinski definition) is 2. The van der Waals surface area contributed by atoms with E-state index in [0.29, 0.717) is 25.0 Å². The van der Waals surface area contributed by atoms with E-state index in [4.69, 9.17) is 9.72 Å². The number of nitrogens with one attached hydrogen (secondary N) is 1. The van der Waals surface area contributed by atoms with E-state index in [1.54, 1.807) is 0 Å². The highest BCUT2D eigenvalue weighted by atomic mass is 16.5. The summed E-state index contributed by atoms with van der Waals surface area (Å²) < 4.78 is 6.87. The van der Waals surface area contributed by atoms with Crippen LogP contribution in [0.25, 0.3) is 28.0 Å². The maximum Gasteiger partial charge on any atom is 0.338 e. The first-order chi connectivity index (χ1) is 15.2. The quantitative estimate of drug-likeness (QED) is 0.511. The van der Waals surface area contributed by atoms with Crippen molar-refractivity contribution in [1.82, 2.24) is 19.7 Å². The molecule has 0 aliphatic carbocycles. The fraction of sp³-hybridized carbons (Fsp3) is 0.217. The van der Waals surface area contributed by atoms with Crippen molar-refractivity contribution in [1.29, 1.82) is 0 Å². The molecule has 0 amide bonds. The highest BCUT2D eigenvalue weighted by molar-refractivity contribution is 5.93. The number of nitrogens with zero attached hydrogens (tertiary/aromatic N) is 4. The van der Waals surface area contributed by atoms with E-state index in [1.165, 1.54) is 17.1 Å². The molecule has 0 spiro atoms. The molecule has 0 radical (unpaired) electrons. The first-order valence-corrected chi connectivity index (χ1v) is 10.2. The van der Waals surface area contributed by atoms with E-state index in [-0.39, 0.29) is 11.6 Å². The molecule has 3 heterocycles. The lowest BCUT2D eigenvalue weighted by molar-refractivity contribution is 0.0697. The van der Waals surface area contributed by atoms with Gasteiger partial charge >= 0.3 is 5.97 Å². The van der Waals surface area contributed by atoms with Gasteiger partial charge in [0, 0.05) is 30.8 Å². The number of carbonyl (C=O) groups is 1. The Labute approximate surface area is 178 Å². The third-order valence-corrected chi connectivity index (χ3v) is 5.39. The summed E-state index contributed by atoms with van der Waals surface area (Å²) in [7, 11) is 0. The summed E-state index contributed by atoms with van der Waals surface area (Å²) in [5, 5.41) is 17.8. The summed E-state index contributed by atoms with van der Waals surface area (Å²) in [6.45, 7) is 1.42. The lowest BCUT2D eigenvalue weighted by Gasteiger charge is -2.24. The third-order valence-electron chi connectivity index (χ3n) is 5.39. The van der Waals surface area contributed by atoms with Crippen LogP contribution in [-0.2, 0) is 4.74 Å². The van der Waals surface area contributed by atoms with E-state index in [9.17, 15) is 9.90 Å². The first-order valence-electron chi connectivity index (χ1n) is 10.2. The molecule has 156 valence electrons. The maximum atomic E-state index is 11.2. The molecule has 0 bridgehead atoms. The third kappa shape index (κ3) is 3.97. The lowest BCUT2D eigenvalue weighted by Crippen LogP contribution is -2.28. The van der Waals surface area contributed by atoms with Crippen LogP contribution in [0.15, 0.2) is 60.9 Å². The Morgan fingerprint density at radius 2 is 1.87 bits per heavy atom. The molecule has 2 aromatic heterocycles. The fourth-order valence-corrected chi connectivity index (χ4v) is 3.72.